The lowest BCUT2D eigenvalue weighted by Crippen LogP contribution is -2.38. The fraction of sp³-hybridized carbons (Fsp3) is 0.0909. The number of nitrogens with zero attached hydrogens (tertiary/aromatic N) is 2. The molecule has 2 aromatic carbocycles. The van der Waals surface area contributed by atoms with E-state index in [0.29, 0.717) is 6.54 Å². The largest absolute Gasteiger partial charge is 0.332 e. The second kappa shape index (κ2) is 7.74. The molecule has 4 aromatic rings. The zero-order valence-electron chi connectivity index (χ0n) is 14.7. The lowest BCUT2D eigenvalue weighted by atomic mass is 9.99. The summed E-state index contributed by atoms with van der Waals surface area (Å²) in [5.74, 6) is 0. The van der Waals surface area contributed by atoms with Gasteiger partial charge in [-0.05, 0) is 29.3 Å². The molecular formula is C22H20N4O. The third-order valence-electron chi connectivity index (χ3n) is 4.39. The first kappa shape index (κ1) is 16.8. The van der Waals surface area contributed by atoms with Crippen molar-refractivity contribution in [3.63, 3.8) is 0 Å². The first-order valence-corrected chi connectivity index (χ1v) is 8.87. The first-order chi connectivity index (χ1) is 13.3. The van der Waals surface area contributed by atoms with Crippen LogP contribution in [0, 0.1) is 0 Å². The van der Waals surface area contributed by atoms with E-state index in [9.17, 15) is 4.79 Å². The van der Waals surface area contributed by atoms with Crippen LogP contribution in [0.3, 0.4) is 0 Å². The van der Waals surface area contributed by atoms with E-state index in [1.807, 2.05) is 91.1 Å². The molecule has 0 aliphatic heterocycles. The number of hydrogen-bond donors (Lipinski definition) is 2. The number of fused-ring (bicyclic) bond motifs is 1. The van der Waals surface area contributed by atoms with Crippen molar-refractivity contribution in [2.75, 3.05) is 0 Å². The number of nitrogens with one attached hydrogen (secondary N) is 2. The van der Waals surface area contributed by atoms with Crippen molar-refractivity contribution in [2.24, 2.45) is 0 Å². The smallest absolute Gasteiger partial charge is 0.315 e. The van der Waals surface area contributed by atoms with Crippen LogP contribution in [0.1, 0.15) is 22.9 Å². The Hall–Kier alpha value is -3.60. The van der Waals surface area contributed by atoms with Gasteiger partial charge in [0.15, 0.2) is 0 Å². The number of amides is 2. The number of aromatic nitrogens is 2. The van der Waals surface area contributed by atoms with Gasteiger partial charge in [0.2, 0.25) is 0 Å². The van der Waals surface area contributed by atoms with Crippen molar-refractivity contribution in [3.05, 3.63) is 108 Å². The number of carbonyl (C=O) groups excluding carboxylic acids is 1. The first-order valence-electron chi connectivity index (χ1n) is 8.87. The fourth-order valence-corrected chi connectivity index (χ4v) is 3.08. The number of hydrogen-bond acceptors (Lipinski definition) is 2. The van der Waals surface area contributed by atoms with Crippen molar-refractivity contribution >= 4 is 11.5 Å². The minimum Gasteiger partial charge on any atom is -0.332 e. The lowest BCUT2D eigenvalue weighted by molar-refractivity contribution is 0.238. The van der Waals surface area contributed by atoms with Gasteiger partial charge in [-0.1, -0.05) is 66.7 Å². The number of rotatable bonds is 5. The molecule has 0 bridgehead atoms. The number of pyridine rings is 1. The van der Waals surface area contributed by atoms with Gasteiger partial charge in [-0.2, -0.15) is 5.10 Å². The predicted molar refractivity (Wildman–Crippen MR) is 105 cm³/mol. The van der Waals surface area contributed by atoms with Crippen LogP contribution in [0.25, 0.3) is 5.52 Å². The van der Waals surface area contributed by atoms with Crippen LogP contribution in [0.2, 0.25) is 0 Å². The Labute approximate surface area is 157 Å². The predicted octanol–water partition coefficient (Wildman–Crippen LogP) is 3.92. The monoisotopic (exact) mass is 356 g/mol. The molecule has 5 heteroatoms. The molecule has 0 atom stereocenters. The van der Waals surface area contributed by atoms with E-state index >= 15 is 0 Å². The average molecular weight is 356 g/mol. The van der Waals surface area contributed by atoms with Crippen LogP contribution >= 0.6 is 0 Å². The van der Waals surface area contributed by atoms with Gasteiger partial charge in [-0.25, -0.2) is 9.31 Å². The molecule has 0 unspecified atom stereocenters. The molecule has 27 heavy (non-hydrogen) atoms. The molecule has 2 amide bonds. The Morgan fingerprint density at radius 2 is 1.52 bits per heavy atom. The van der Waals surface area contributed by atoms with E-state index in [0.717, 1.165) is 22.3 Å². The molecule has 134 valence electrons. The molecule has 0 aliphatic rings. The standard InChI is InChI=1S/C22H20N4O/c27-22(23-16-19-15-20-13-7-8-14-26(20)25-19)24-21(17-9-3-1-4-10-17)18-11-5-2-6-12-18/h1-15,21H,16H2,(H2,23,24,27). The van der Waals surface area contributed by atoms with Gasteiger partial charge in [0.25, 0.3) is 0 Å². The summed E-state index contributed by atoms with van der Waals surface area (Å²) in [5.41, 5.74) is 3.88. The Morgan fingerprint density at radius 1 is 0.889 bits per heavy atom. The Bertz CT molecular complexity index is 955. The Kier molecular flexibility index (Phi) is 4.83. The van der Waals surface area contributed by atoms with E-state index in [1.54, 1.807) is 4.52 Å². The second-order valence-electron chi connectivity index (χ2n) is 6.29. The summed E-state index contributed by atoms with van der Waals surface area (Å²) in [5, 5.41) is 10.4. The quantitative estimate of drug-likeness (QED) is 0.569. The molecule has 0 aliphatic carbocycles. The topological polar surface area (TPSA) is 58.4 Å². The van der Waals surface area contributed by atoms with Gasteiger partial charge < -0.3 is 10.6 Å². The molecule has 2 heterocycles. The highest BCUT2D eigenvalue weighted by molar-refractivity contribution is 5.75. The van der Waals surface area contributed by atoms with E-state index in [2.05, 4.69) is 15.7 Å². The van der Waals surface area contributed by atoms with Crippen molar-refractivity contribution in [3.8, 4) is 0 Å². The molecule has 2 N–H and O–H groups in total. The van der Waals surface area contributed by atoms with Gasteiger partial charge in [-0.3, -0.25) is 0 Å². The molecule has 0 fully saturated rings. The summed E-state index contributed by atoms with van der Waals surface area (Å²) in [6, 6.07) is 27.3. The van der Waals surface area contributed by atoms with Crippen LogP contribution < -0.4 is 10.6 Å². The van der Waals surface area contributed by atoms with Crippen LogP contribution in [-0.4, -0.2) is 15.6 Å². The molecule has 0 spiro atoms. The van der Waals surface area contributed by atoms with Crippen LogP contribution in [0.15, 0.2) is 91.1 Å². The zero-order valence-corrected chi connectivity index (χ0v) is 14.7. The van der Waals surface area contributed by atoms with Gasteiger partial charge in [0.1, 0.15) is 0 Å². The fourth-order valence-electron chi connectivity index (χ4n) is 3.08. The van der Waals surface area contributed by atoms with E-state index in [-0.39, 0.29) is 12.1 Å². The third-order valence-corrected chi connectivity index (χ3v) is 4.39. The van der Waals surface area contributed by atoms with Crippen LogP contribution in [-0.2, 0) is 6.54 Å². The summed E-state index contributed by atoms with van der Waals surface area (Å²) in [6.07, 6.45) is 1.89. The second-order valence-corrected chi connectivity index (χ2v) is 6.29. The highest BCUT2D eigenvalue weighted by Crippen LogP contribution is 2.21. The maximum Gasteiger partial charge on any atom is 0.315 e. The van der Waals surface area contributed by atoms with E-state index in [4.69, 9.17) is 0 Å². The highest BCUT2D eigenvalue weighted by atomic mass is 16.2. The van der Waals surface area contributed by atoms with Crippen molar-refractivity contribution in [1.82, 2.24) is 20.2 Å². The molecule has 5 nitrogen and oxygen atoms in total. The molecule has 0 saturated heterocycles. The van der Waals surface area contributed by atoms with Crippen molar-refractivity contribution < 1.29 is 4.79 Å². The maximum atomic E-state index is 12.5. The maximum absolute atomic E-state index is 12.5. The number of urea groups is 1. The minimum absolute atomic E-state index is 0.214. The summed E-state index contributed by atoms with van der Waals surface area (Å²) in [6.45, 7) is 0.365. The molecule has 0 saturated carbocycles. The summed E-state index contributed by atoms with van der Waals surface area (Å²) >= 11 is 0. The lowest BCUT2D eigenvalue weighted by Gasteiger charge is -2.20. The zero-order chi connectivity index (χ0) is 18.5. The molecular weight excluding hydrogens is 336 g/mol. The Morgan fingerprint density at radius 3 is 2.15 bits per heavy atom. The van der Waals surface area contributed by atoms with Crippen LogP contribution in [0.4, 0.5) is 4.79 Å². The van der Waals surface area contributed by atoms with Gasteiger partial charge in [0.05, 0.1) is 23.8 Å². The average Bonchev–Trinajstić information content (AvgIpc) is 3.15. The summed E-state index contributed by atoms with van der Waals surface area (Å²) in [4.78, 5) is 12.5. The van der Waals surface area contributed by atoms with Gasteiger partial charge in [0, 0.05) is 6.20 Å². The molecule has 2 aromatic heterocycles. The van der Waals surface area contributed by atoms with Gasteiger partial charge in [-0.15, -0.1) is 0 Å². The van der Waals surface area contributed by atoms with Crippen LogP contribution in [0.5, 0.6) is 0 Å². The van der Waals surface area contributed by atoms with E-state index in [1.165, 1.54) is 0 Å². The van der Waals surface area contributed by atoms with Crippen molar-refractivity contribution in [2.45, 2.75) is 12.6 Å². The normalized spacial score (nSPS) is 10.9. The summed E-state index contributed by atoms with van der Waals surface area (Å²) < 4.78 is 1.80. The van der Waals surface area contributed by atoms with E-state index < -0.39 is 0 Å². The summed E-state index contributed by atoms with van der Waals surface area (Å²) in [7, 11) is 0. The highest BCUT2D eigenvalue weighted by Gasteiger charge is 2.16. The molecule has 0 radical (unpaired) electrons. The third kappa shape index (κ3) is 3.98. The van der Waals surface area contributed by atoms with Gasteiger partial charge >= 0.3 is 6.03 Å². The minimum atomic E-state index is -0.232. The Balaban J connectivity index is 1.47. The number of carbonyl (C=O) groups is 1. The number of benzene rings is 2. The van der Waals surface area contributed by atoms with Crippen molar-refractivity contribution in [1.29, 1.82) is 0 Å². The molecule has 4 rings (SSSR count). The SMILES string of the molecule is O=C(NCc1cc2ccccn2n1)NC(c1ccccc1)c1ccccc1.